The topological polar surface area (TPSA) is 34.1 Å². The monoisotopic (exact) mass is 382 g/mol. The Balaban J connectivity index is 2.00. The molecule has 2 heteroatoms. The molecule has 0 spiro atoms. The molecule has 0 fully saturated rings. The van der Waals surface area contributed by atoms with Crippen LogP contribution >= 0.6 is 0 Å². The first-order chi connectivity index (χ1) is 14.7. The van der Waals surface area contributed by atoms with Crippen molar-refractivity contribution in [1.29, 1.82) is 0 Å². The van der Waals surface area contributed by atoms with Crippen LogP contribution in [0.15, 0.2) is 94.5 Å². The molecule has 0 saturated carbocycles. The van der Waals surface area contributed by atoms with E-state index in [1.54, 1.807) is 18.2 Å². The Hall–Kier alpha value is -4.04. The standard InChI is InChI=1S/C28H14O2/c29-18-9-10-20-16(12-18)13-23-24(30)14-17-11-15-5-1-2-6-19(15)26-21-7-3-4-8-22(21)27(20)28(23)25(17)26/h1-14H. The van der Waals surface area contributed by atoms with Gasteiger partial charge in [-0.2, -0.15) is 0 Å². The first-order valence-electron chi connectivity index (χ1n) is 10.0. The molecule has 0 heterocycles. The molecule has 0 aliphatic heterocycles. The number of fused-ring (bicyclic) bond motifs is 7. The van der Waals surface area contributed by atoms with Gasteiger partial charge in [0.05, 0.1) is 0 Å². The zero-order chi connectivity index (χ0) is 20.0. The fourth-order valence-electron chi connectivity index (χ4n) is 5.29. The van der Waals surface area contributed by atoms with E-state index in [1.807, 2.05) is 24.3 Å². The summed E-state index contributed by atoms with van der Waals surface area (Å²) in [5.74, 6) is 0. The highest BCUT2D eigenvalue weighted by atomic mass is 16.1. The fraction of sp³-hybridized carbons (Fsp3) is 0. The van der Waals surface area contributed by atoms with Crippen molar-refractivity contribution >= 4 is 64.6 Å². The van der Waals surface area contributed by atoms with E-state index >= 15 is 0 Å². The van der Waals surface area contributed by atoms with Crippen molar-refractivity contribution in [3.63, 3.8) is 0 Å². The molecule has 0 N–H and O–H groups in total. The summed E-state index contributed by atoms with van der Waals surface area (Å²) >= 11 is 0. The van der Waals surface area contributed by atoms with E-state index < -0.39 is 0 Å². The SMILES string of the molecule is O=c1ccc2c(c1)cc1c(=O)cc3cc4ccccc4c4c5ccccc5c2c1c34. The molecule has 0 saturated heterocycles. The quantitative estimate of drug-likeness (QED) is 0.231. The van der Waals surface area contributed by atoms with Crippen molar-refractivity contribution in [2.75, 3.05) is 0 Å². The van der Waals surface area contributed by atoms with Gasteiger partial charge in [-0.05, 0) is 90.3 Å². The lowest BCUT2D eigenvalue weighted by Gasteiger charge is -2.18. The first-order valence-corrected chi connectivity index (χ1v) is 10.0. The maximum absolute atomic E-state index is 13.2. The molecule has 0 atom stereocenters. The van der Waals surface area contributed by atoms with Gasteiger partial charge in [-0.3, -0.25) is 9.59 Å². The Labute approximate surface area is 170 Å². The van der Waals surface area contributed by atoms with Crippen LogP contribution in [-0.2, 0) is 0 Å². The van der Waals surface area contributed by atoms with Gasteiger partial charge < -0.3 is 0 Å². The van der Waals surface area contributed by atoms with Crippen LogP contribution in [0.1, 0.15) is 0 Å². The highest BCUT2D eigenvalue weighted by molar-refractivity contribution is 6.42. The van der Waals surface area contributed by atoms with E-state index in [-0.39, 0.29) is 10.9 Å². The molecule has 138 valence electrons. The van der Waals surface area contributed by atoms with Crippen molar-refractivity contribution in [3.8, 4) is 0 Å². The minimum Gasteiger partial charge on any atom is -0.290 e. The van der Waals surface area contributed by atoms with Crippen LogP contribution in [0.4, 0.5) is 0 Å². The van der Waals surface area contributed by atoms with Crippen LogP contribution in [0.2, 0.25) is 0 Å². The van der Waals surface area contributed by atoms with Crippen molar-refractivity contribution in [2.45, 2.75) is 0 Å². The largest absolute Gasteiger partial charge is 0.290 e. The minimum absolute atomic E-state index is 0.00226. The van der Waals surface area contributed by atoms with Gasteiger partial charge in [0.15, 0.2) is 10.9 Å². The molecule has 0 amide bonds. The molecule has 0 aliphatic rings. The Bertz CT molecular complexity index is 1930. The molecule has 0 aliphatic carbocycles. The van der Waals surface area contributed by atoms with Crippen LogP contribution < -0.4 is 10.9 Å². The van der Waals surface area contributed by atoms with E-state index in [9.17, 15) is 9.59 Å². The van der Waals surface area contributed by atoms with Gasteiger partial charge in [-0.1, -0.05) is 48.5 Å². The van der Waals surface area contributed by atoms with Crippen molar-refractivity contribution in [1.82, 2.24) is 0 Å². The molecular weight excluding hydrogens is 368 g/mol. The summed E-state index contributed by atoms with van der Waals surface area (Å²) < 4.78 is 0. The summed E-state index contributed by atoms with van der Waals surface area (Å²) in [6, 6.07) is 27.7. The smallest absolute Gasteiger partial charge is 0.187 e. The summed E-state index contributed by atoms with van der Waals surface area (Å²) in [5, 5.41) is 12.5. The summed E-state index contributed by atoms with van der Waals surface area (Å²) in [5.41, 5.74) is -0.0457. The first kappa shape index (κ1) is 15.8. The molecule has 0 aromatic heterocycles. The molecule has 2 nitrogen and oxygen atoms in total. The lowest BCUT2D eigenvalue weighted by molar-refractivity contribution is 1.66. The Morgan fingerprint density at radius 3 is 1.87 bits per heavy atom. The zero-order valence-electron chi connectivity index (χ0n) is 15.9. The van der Waals surface area contributed by atoms with E-state index in [1.165, 1.54) is 16.2 Å². The Kier molecular flexibility index (Phi) is 2.80. The summed E-state index contributed by atoms with van der Waals surface area (Å²) in [6.45, 7) is 0. The maximum atomic E-state index is 13.2. The molecule has 7 rings (SSSR count). The van der Waals surface area contributed by atoms with E-state index in [2.05, 4.69) is 42.5 Å². The highest BCUT2D eigenvalue weighted by Gasteiger charge is 2.19. The molecule has 7 aromatic carbocycles. The van der Waals surface area contributed by atoms with Gasteiger partial charge in [-0.25, -0.2) is 0 Å². The van der Waals surface area contributed by atoms with Gasteiger partial charge in [0.25, 0.3) is 0 Å². The predicted octanol–water partition coefficient (Wildman–Crippen LogP) is 6.20. The fourth-order valence-corrected chi connectivity index (χ4v) is 5.29. The van der Waals surface area contributed by atoms with Gasteiger partial charge >= 0.3 is 0 Å². The highest BCUT2D eigenvalue weighted by Crippen LogP contribution is 2.45. The second kappa shape index (κ2) is 5.31. The van der Waals surface area contributed by atoms with Gasteiger partial charge in [0.2, 0.25) is 0 Å². The number of hydrogen-bond acceptors (Lipinski definition) is 2. The van der Waals surface area contributed by atoms with Gasteiger partial charge in [0.1, 0.15) is 0 Å². The van der Waals surface area contributed by atoms with Crippen molar-refractivity contribution in [3.05, 3.63) is 105 Å². The summed E-state index contributed by atoms with van der Waals surface area (Å²) in [6.07, 6.45) is 0. The maximum Gasteiger partial charge on any atom is 0.187 e. The Morgan fingerprint density at radius 1 is 0.400 bits per heavy atom. The van der Waals surface area contributed by atoms with Crippen LogP contribution in [-0.4, -0.2) is 0 Å². The third-order valence-corrected chi connectivity index (χ3v) is 6.46. The molecule has 30 heavy (non-hydrogen) atoms. The zero-order valence-corrected chi connectivity index (χ0v) is 15.9. The average Bonchev–Trinajstić information content (AvgIpc) is 2.77. The van der Waals surface area contributed by atoms with E-state index in [0.29, 0.717) is 5.39 Å². The van der Waals surface area contributed by atoms with Crippen LogP contribution in [0, 0.1) is 0 Å². The lowest BCUT2D eigenvalue weighted by atomic mass is 9.84. The summed E-state index contributed by atoms with van der Waals surface area (Å²) in [4.78, 5) is 25.2. The van der Waals surface area contributed by atoms with Gasteiger partial charge in [-0.15, -0.1) is 0 Å². The number of benzene rings is 7. The normalized spacial score (nSPS) is 12.3. The molecule has 7 aromatic rings. The van der Waals surface area contributed by atoms with E-state index in [0.717, 1.165) is 43.1 Å². The predicted molar refractivity (Wildman–Crippen MR) is 126 cm³/mol. The average molecular weight is 382 g/mol. The minimum atomic E-state index is -0.0435. The Morgan fingerprint density at radius 2 is 1.07 bits per heavy atom. The third-order valence-electron chi connectivity index (χ3n) is 6.46. The van der Waals surface area contributed by atoms with Gasteiger partial charge in [0, 0.05) is 10.8 Å². The number of rotatable bonds is 0. The second-order valence-electron chi connectivity index (χ2n) is 8.05. The molecule has 0 radical (unpaired) electrons. The molecule has 0 unspecified atom stereocenters. The van der Waals surface area contributed by atoms with Crippen molar-refractivity contribution in [2.24, 2.45) is 0 Å². The lowest BCUT2D eigenvalue weighted by Crippen LogP contribution is -2.03. The summed E-state index contributed by atoms with van der Waals surface area (Å²) in [7, 11) is 0. The van der Waals surface area contributed by atoms with Crippen molar-refractivity contribution < 1.29 is 0 Å². The number of hydrogen-bond donors (Lipinski definition) is 0. The van der Waals surface area contributed by atoms with Crippen LogP contribution in [0.5, 0.6) is 0 Å². The molecule has 0 bridgehead atoms. The van der Waals surface area contributed by atoms with Crippen LogP contribution in [0.25, 0.3) is 64.6 Å². The third kappa shape index (κ3) is 1.84. The van der Waals surface area contributed by atoms with E-state index in [4.69, 9.17) is 0 Å². The van der Waals surface area contributed by atoms with Crippen LogP contribution in [0.3, 0.4) is 0 Å². The molecular formula is C28H14O2. The second-order valence-corrected chi connectivity index (χ2v) is 8.05.